The number of hydrogen-bond acceptors (Lipinski definition) is 4. The molecule has 1 aromatic rings. The second-order valence-corrected chi connectivity index (χ2v) is 7.20. The molecule has 1 saturated heterocycles. The van der Waals surface area contributed by atoms with Crippen LogP contribution in [0.2, 0.25) is 0 Å². The van der Waals surface area contributed by atoms with Crippen molar-refractivity contribution in [2.45, 2.75) is 45.1 Å². The summed E-state index contributed by atoms with van der Waals surface area (Å²) in [6.07, 6.45) is 6.09. The van der Waals surface area contributed by atoms with Gasteiger partial charge in [0.25, 0.3) is 0 Å². The maximum atomic E-state index is 5.57. The Kier molecular flexibility index (Phi) is 4.53. The van der Waals surface area contributed by atoms with Crippen molar-refractivity contribution in [1.82, 2.24) is 10.3 Å². The van der Waals surface area contributed by atoms with Crippen molar-refractivity contribution in [3.05, 3.63) is 10.6 Å². The molecule has 4 nitrogen and oxygen atoms in total. The molecular formula is C14H21N3OS2. The quantitative estimate of drug-likeness (QED) is 0.841. The Hall–Kier alpha value is -0.720. The summed E-state index contributed by atoms with van der Waals surface area (Å²) in [6, 6.07) is 0. The number of aromatic nitrogens is 1. The molecule has 0 amide bonds. The van der Waals surface area contributed by atoms with Crippen molar-refractivity contribution in [3.8, 4) is 0 Å². The molecule has 6 heteroatoms. The van der Waals surface area contributed by atoms with E-state index in [1.165, 1.54) is 17.0 Å². The van der Waals surface area contributed by atoms with Gasteiger partial charge < -0.3 is 15.4 Å². The van der Waals surface area contributed by atoms with Gasteiger partial charge in [0.15, 0.2) is 10.2 Å². The van der Waals surface area contributed by atoms with Crippen LogP contribution in [0.25, 0.3) is 0 Å². The summed E-state index contributed by atoms with van der Waals surface area (Å²) in [5, 5.41) is 8.01. The lowest BCUT2D eigenvalue weighted by molar-refractivity contribution is 0.114. The van der Waals surface area contributed by atoms with E-state index >= 15 is 0 Å². The number of thiazole rings is 1. The van der Waals surface area contributed by atoms with Crippen LogP contribution < -0.4 is 10.6 Å². The van der Waals surface area contributed by atoms with Gasteiger partial charge in [-0.3, -0.25) is 0 Å². The van der Waals surface area contributed by atoms with Crippen molar-refractivity contribution in [3.63, 3.8) is 0 Å². The molecule has 3 rings (SSSR count). The van der Waals surface area contributed by atoms with E-state index in [0.29, 0.717) is 11.2 Å². The molecule has 2 unspecified atom stereocenters. The van der Waals surface area contributed by atoms with E-state index in [4.69, 9.17) is 17.0 Å². The Bertz CT molecular complexity index is 483. The third-order valence-corrected chi connectivity index (χ3v) is 5.20. The lowest BCUT2D eigenvalue weighted by atomic mass is 9.93. The molecule has 2 atom stereocenters. The summed E-state index contributed by atoms with van der Waals surface area (Å²) >= 11 is 7.07. The Labute approximate surface area is 129 Å². The van der Waals surface area contributed by atoms with Gasteiger partial charge in [0, 0.05) is 18.0 Å². The zero-order valence-electron chi connectivity index (χ0n) is 11.8. The molecule has 0 saturated carbocycles. The van der Waals surface area contributed by atoms with E-state index in [1.54, 1.807) is 11.3 Å². The van der Waals surface area contributed by atoms with Crippen molar-refractivity contribution < 1.29 is 4.74 Å². The molecular weight excluding hydrogens is 290 g/mol. The molecule has 0 spiro atoms. The molecule has 110 valence electrons. The maximum absolute atomic E-state index is 5.57. The summed E-state index contributed by atoms with van der Waals surface area (Å²) in [4.78, 5) is 6.08. The van der Waals surface area contributed by atoms with E-state index < -0.39 is 0 Å². The predicted octanol–water partition coefficient (Wildman–Crippen LogP) is 2.73. The van der Waals surface area contributed by atoms with E-state index in [1.807, 2.05) is 0 Å². The Balaban J connectivity index is 1.51. The van der Waals surface area contributed by atoms with Crippen LogP contribution in [0.4, 0.5) is 5.13 Å². The van der Waals surface area contributed by atoms with Crippen LogP contribution in [-0.2, 0) is 17.6 Å². The molecule has 0 aromatic carbocycles. The highest BCUT2D eigenvalue weighted by Crippen LogP contribution is 2.31. The first-order valence-electron chi connectivity index (χ1n) is 7.35. The standard InChI is InChI=1S/C14H21N3OS2/c1-9-4-5-11-12(7-9)20-14(16-11)17-13(19)15-8-10-3-2-6-18-10/h9-10H,2-8H2,1H3,(H2,15,16,17,19). The highest BCUT2D eigenvalue weighted by Gasteiger charge is 2.20. The Morgan fingerprint density at radius 3 is 3.20 bits per heavy atom. The summed E-state index contributed by atoms with van der Waals surface area (Å²) in [6.45, 7) is 3.97. The average Bonchev–Trinajstić information content (AvgIpc) is 3.04. The lowest BCUT2D eigenvalue weighted by Gasteiger charge is -2.15. The van der Waals surface area contributed by atoms with Gasteiger partial charge in [0.2, 0.25) is 0 Å². The van der Waals surface area contributed by atoms with Crippen LogP contribution in [0.15, 0.2) is 0 Å². The highest BCUT2D eigenvalue weighted by atomic mass is 32.1. The number of nitrogens with zero attached hydrogens (tertiary/aromatic N) is 1. The highest BCUT2D eigenvalue weighted by molar-refractivity contribution is 7.80. The molecule has 2 heterocycles. The summed E-state index contributed by atoms with van der Waals surface area (Å²) in [5.41, 5.74) is 1.26. The Morgan fingerprint density at radius 2 is 2.40 bits per heavy atom. The molecule has 1 aliphatic heterocycles. The number of rotatable bonds is 3. The predicted molar refractivity (Wildman–Crippen MR) is 86.5 cm³/mol. The zero-order chi connectivity index (χ0) is 13.9. The van der Waals surface area contributed by atoms with Gasteiger partial charge >= 0.3 is 0 Å². The fraction of sp³-hybridized carbons (Fsp3) is 0.714. The van der Waals surface area contributed by atoms with Crippen LogP contribution >= 0.6 is 23.6 Å². The van der Waals surface area contributed by atoms with Gasteiger partial charge in [-0.1, -0.05) is 6.92 Å². The largest absolute Gasteiger partial charge is 0.376 e. The first-order valence-corrected chi connectivity index (χ1v) is 8.58. The van der Waals surface area contributed by atoms with Crippen LogP contribution in [-0.4, -0.2) is 29.4 Å². The van der Waals surface area contributed by atoms with Gasteiger partial charge in [-0.15, -0.1) is 11.3 Å². The van der Waals surface area contributed by atoms with Crippen molar-refractivity contribution >= 4 is 33.8 Å². The summed E-state index contributed by atoms with van der Waals surface area (Å²) < 4.78 is 5.57. The summed E-state index contributed by atoms with van der Waals surface area (Å²) in [5.74, 6) is 0.778. The number of anilines is 1. The number of fused-ring (bicyclic) bond motifs is 1. The first kappa shape index (κ1) is 14.2. The SMILES string of the molecule is CC1CCc2nc(NC(=S)NCC3CCCO3)sc2C1. The van der Waals surface area contributed by atoms with Crippen molar-refractivity contribution in [2.24, 2.45) is 5.92 Å². The number of hydrogen-bond donors (Lipinski definition) is 2. The zero-order valence-corrected chi connectivity index (χ0v) is 13.4. The summed E-state index contributed by atoms with van der Waals surface area (Å²) in [7, 11) is 0. The first-order chi connectivity index (χ1) is 9.70. The molecule has 2 N–H and O–H groups in total. The van der Waals surface area contributed by atoms with Crippen molar-refractivity contribution in [2.75, 3.05) is 18.5 Å². The second-order valence-electron chi connectivity index (χ2n) is 5.71. The fourth-order valence-electron chi connectivity index (χ4n) is 2.75. The smallest absolute Gasteiger partial charge is 0.189 e. The van der Waals surface area contributed by atoms with Gasteiger partial charge in [0.05, 0.1) is 11.8 Å². The third-order valence-electron chi connectivity index (χ3n) is 3.92. The van der Waals surface area contributed by atoms with Gasteiger partial charge in [0.1, 0.15) is 0 Å². The van der Waals surface area contributed by atoms with Gasteiger partial charge in [-0.2, -0.15) is 0 Å². The molecule has 1 fully saturated rings. The molecule has 1 aliphatic carbocycles. The topological polar surface area (TPSA) is 46.2 Å². The molecule has 1 aromatic heterocycles. The molecule has 20 heavy (non-hydrogen) atoms. The van der Waals surface area contributed by atoms with Gasteiger partial charge in [-0.25, -0.2) is 4.98 Å². The van der Waals surface area contributed by atoms with Crippen molar-refractivity contribution in [1.29, 1.82) is 0 Å². The van der Waals surface area contributed by atoms with Crippen LogP contribution in [0.3, 0.4) is 0 Å². The monoisotopic (exact) mass is 311 g/mol. The number of ether oxygens (including phenoxy) is 1. The third kappa shape index (κ3) is 3.48. The number of nitrogens with one attached hydrogen (secondary N) is 2. The maximum Gasteiger partial charge on any atom is 0.189 e. The minimum Gasteiger partial charge on any atom is -0.376 e. The van der Waals surface area contributed by atoms with E-state index in [0.717, 1.165) is 49.9 Å². The Morgan fingerprint density at radius 1 is 1.50 bits per heavy atom. The van der Waals surface area contributed by atoms with Crippen LogP contribution in [0.1, 0.15) is 36.8 Å². The second kappa shape index (κ2) is 6.37. The molecule has 0 bridgehead atoms. The average molecular weight is 311 g/mol. The molecule has 2 aliphatic rings. The van der Waals surface area contributed by atoms with E-state index in [2.05, 4.69) is 22.5 Å². The molecule has 0 radical (unpaired) electrons. The number of aryl methyl sites for hydroxylation is 1. The number of thiocarbonyl (C=S) groups is 1. The van der Waals surface area contributed by atoms with E-state index in [-0.39, 0.29) is 0 Å². The van der Waals surface area contributed by atoms with Crippen LogP contribution in [0.5, 0.6) is 0 Å². The van der Waals surface area contributed by atoms with E-state index in [9.17, 15) is 0 Å². The fourth-order valence-corrected chi connectivity index (χ4v) is 4.17. The minimum atomic E-state index is 0.306. The normalized spacial score (nSPS) is 25.2. The van der Waals surface area contributed by atoms with Gasteiger partial charge in [-0.05, 0) is 50.2 Å². The minimum absolute atomic E-state index is 0.306. The van der Waals surface area contributed by atoms with Crippen LogP contribution in [0, 0.1) is 5.92 Å². The lowest BCUT2D eigenvalue weighted by Crippen LogP contribution is -2.34.